The summed E-state index contributed by atoms with van der Waals surface area (Å²) >= 11 is 6.49. The molecule has 4 aliphatic heterocycles. The number of amides is 1. The number of rotatable bonds is 2. The summed E-state index contributed by atoms with van der Waals surface area (Å²) in [6.45, 7) is 9.45. The summed E-state index contributed by atoms with van der Waals surface area (Å²) in [5.41, 5.74) is 3.52. The van der Waals surface area contributed by atoms with Crippen LogP contribution in [-0.2, 0) is 31.3 Å². The summed E-state index contributed by atoms with van der Waals surface area (Å²) in [7, 11) is -3.90. The van der Waals surface area contributed by atoms with Gasteiger partial charge in [0.1, 0.15) is 5.75 Å². The number of sulfonamides is 1. The Hall–Kier alpha value is -2.37. The van der Waals surface area contributed by atoms with Crippen LogP contribution in [0.15, 0.2) is 36.4 Å². The SMILES string of the molecule is C[C@@H]1[C@@H](C)CCC[C@@H]([C@H]2OC[C@@H](N3CCCC3)CO2)[C@@H]2CC[C@H]2CN2C[C@@]3(CCCc4cc(Cl)ccc43)COc3ccc(cc32)C(=O)NS1(=O)=O. The predicted molar refractivity (Wildman–Crippen MR) is 199 cm³/mol. The predicted octanol–water partition coefficient (Wildman–Crippen LogP) is 6.56. The van der Waals surface area contributed by atoms with Gasteiger partial charge in [-0.05, 0) is 137 Å². The first-order valence-corrected chi connectivity index (χ1v) is 21.4. The Balaban J connectivity index is 1.14. The number of hydrogen-bond donors (Lipinski definition) is 1. The number of likely N-dealkylation sites (tertiary alicyclic amines) is 1. The number of benzene rings is 2. The minimum Gasteiger partial charge on any atom is -0.490 e. The Morgan fingerprint density at radius 2 is 1.73 bits per heavy atom. The third-order valence-corrected chi connectivity index (χ3v) is 15.6. The first-order valence-electron chi connectivity index (χ1n) is 19.4. The van der Waals surface area contributed by atoms with Crippen LogP contribution in [0.5, 0.6) is 5.75 Å². The van der Waals surface area contributed by atoms with Gasteiger partial charge < -0.3 is 19.1 Å². The van der Waals surface area contributed by atoms with Gasteiger partial charge in [0.15, 0.2) is 6.29 Å². The van der Waals surface area contributed by atoms with Gasteiger partial charge in [0.2, 0.25) is 10.0 Å². The van der Waals surface area contributed by atoms with Crippen molar-refractivity contribution in [1.29, 1.82) is 0 Å². The van der Waals surface area contributed by atoms with E-state index in [4.69, 9.17) is 25.8 Å². The summed E-state index contributed by atoms with van der Waals surface area (Å²) < 4.78 is 49.4. The van der Waals surface area contributed by atoms with E-state index in [1.54, 1.807) is 13.0 Å². The first kappa shape index (κ1) is 35.6. The average Bonchev–Trinajstić information content (AvgIpc) is 3.61. The van der Waals surface area contributed by atoms with E-state index in [0.29, 0.717) is 43.3 Å². The number of anilines is 1. The number of carbonyl (C=O) groups is 1. The fourth-order valence-electron chi connectivity index (χ4n) is 10.0. The van der Waals surface area contributed by atoms with Crippen LogP contribution in [0.4, 0.5) is 5.69 Å². The second kappa shape index (κ2) is 14.5. The number of aryl methyl sites for hydroxylation is 1. The smallest absolute Gasteiger partial charge is 0.264 e. The maximum Gasteiger partial charge on any atom is 0.264 e. The molecule has 2 aromatic carbocycles. The van der Waals surface area contributed by atoms with Crippen molar-refractivity contribution in [1.82, 2.24) is 9.62 Å². The van der Waals surface area contributed by atoms with Gasteiger partial charge >= 0.3 is 0 Å². The first-order chi connectivity index (χ1) is 24.6. The van der Waals surface area contributed by atoms with Gasteiger partial charge in [-0.1, -0.05) is 31.0 Å². The van der Waals surface area contributed by atoms with Crippen LogP contribution in [0.25, 0.3) is 0 Å². The van der Waals surface area contributed by atoms with Gasteiger partial charge in [-0.2, -0.15) is 0 Å². The minimum atomic E-state index is -3.90. The van der Waals surface area contributed by atoms with Crippen molar-refractivity contribution in [2.24, 2.45) is 23.7 Å². The van der Waals surface area contributed by atoms with Gasteiger partial charge in [0.25, 0.3) is 5.91 Å². The highest BCUT2D eigenvalue weighted by Crippen LogP contribution is 2.49. The number of nitrogens with one attached hydrogen (secondary N) is 1. The number of fused-ring (bicyclic) bond motifs is 4. The summed E-state index contributed by atoms with van der Waals surface area (Å²) in [4.78, 5) is 18.6. The molecule has 6 aliphatic rings. The number of hydrogen-bond acceptors (Lipinski definition) is 8. The molecule has 2 aromatic rings. The van der Waals surface area contributed by atoms with E-state index in [1.807, 2.05) is 25.1 Å². The lowest BCUT2D eigenvalue weighted by atomic mass is 9.64. The zero-order chi connectivity index (χ0) is 35.3. The van der Waals surface area contributed by atoms with Gasteiger partial charge in [-0.3, -0.25) is 9.69 Å². The fourth-order valence-corrected chi connectivity index (χ4v) is 11.6. The van der Waals surface area contributed by atoms with Crippen molar-refractivity contribution in [3.8, 4) is 5.75 Å². The van der Waals surface area contributed by atoms with Crippen molar-refractivity contribution in [2.45, 2.75) is 101 Å². The van der Waals surface area contributed by atoms with Gasteiger partial charge in [-0.25, -0.2) is 13.1 Å². The van der Waals surface area contributed by atoms with Gasteiger partial charge in [0, 0.05) is 35.0 Å². The molecule has 1 saturated carbocycles. The number of carbonyl (C=O) groups excluding carboxylic acids is 1. The quantitative estimate of drug-likeness (QED) is 0.370. The van der Waals surface area contributed by atoms with Crippen LogP contribution >= 0.6 is 11.6 Å². The van der Waals surface area contributed by atoms with Crippen LogP contribution in [0.3, 0.4) is 0 Å². The fraction of sp³-hybridized carbons (Fsp3) is 0.675. The van der Waals surface area contributed by atoms with Gasteiger partial charge in [0.05, 0.1) is 36.8 Å². The number of halogens is 1. The molecule has 3 fully saturated rings. The monoisotopic (exact) mass is 739 g/mol. The molecule has 278 valence electrons. The van der Waals surface area contributed by atoms with E-state index < -0.39 is 21.2 Å². The summed E-state index contributed by atoms with van der Waals surface area (Å²) in [5, 5.41) is 0.0401. The van der Waals surface area contributed by atoms with Crippen LogP contribution in [0, 0.1) is 23.7 Å². The normalized spacial score (nSPS) is 35.9. The lowest BCUT2D eigenvalue weighted by Gasteiger charge is -2.49. The Morgan fingerprint density at radius 3 is 2.49 bits per heavy atom. The van der Waals surface area contributed by atoms with Gasteiger partial charge in [-0.15, -0.1) is 0 Å². The van der Waals surface area contributed by atoms with Crippen LogP contribution in [0.1, 0.15) is 93.1 Å². The summed E-state index contributed by atoms with van der Waals surface area (Å²) in [5.74, 6) is 1.10. The second-order valence-corrected chi connectivity index (χ2v) is 18.9. The van der Waals surface area contributed by atoms with E-state index in [2.05, 4.69) is 26.7 Å². The summed E-state index contributed by atoms with van der Waals surface area (Å²) in [6.07, 6.45) is 10.1. The molecule has 6 atom stereocenters. The maximum atomic E-state index is 13.6. The minimum absolute atomic E-state index is 0.117. The molecule has 4 heterocycles. The molecule has 2 saturated heterocycles. The zero-order valence-electron chi connectivity index (χ0n) is 30.2. The topological polar surface area (TPSA) is 97.4 Å². The standard InChI is InChI=1S/C40H54ClN3O6S/c1-26-7-5-9-34(39-48-22-32(23-49-39)43-17-3-4-18-43)33-13-10-30(33)21-44-24-40(16-6-8-28-19-31(41)12-14-35(28)40)25-50-37-15-11-29(20-36(37)44)38(45)42-51(46,47)27(26)2/h11-12,14-15,19-20,26-27,30,32-34,39H,3-10,13,16-18,21-25H2,1-2H3,(H,42,45)/t26-,27+,30-,32-,33+,34+,39+,40-/m0/s1. The molecule has 1 spiro atoms. The van der Waals surface area contributed by atoms with Crippen LogP contribution in [0.2, 0.25) is 5.02 Å². The third-order valence-electron chi connectivity index (χ3n) is 13.4. The molecule has 2 bridgehead atoms. The lowest BCUT2D eigenvalue weighted by Crippen LogP contribution is -2.52. The molecule has 0 aromatic heterocycles. The van der Waals surface area contributed by atoms with E-state index >= 15 is 0 Å². The molecule has 11 heteroatoms. The highest BCUT2D eigenvalue weighted by molar-refractivity contribution is 7.90. The van der Waals surface area contributed by atoms with Crippen LogP contribution in [-0.4, -0.2) is 82.8 Å². The molecule has 8 rings (SSSR count). The lowest BCUT2D eigenvalue weighted by molar-refractivity contribution is -0.242. The maximum absolute atomic E-state index is 13.6. The van der Waals surface area contributed by atoms with E-state index in [1.165, 1.54) is 24.0 Å². The molecule has 0 unspecified atom stereocenters. The van der Waals surface area contributed by atoms with Crippen molar-refractivity contribution < 1.29 is 27.4 Å². The molecule has 0 radical (unpaired) electrons. The Bertz CT molecular complexity index is 1710. The summed E-state index contributed by atoms with van der Waals surface area (Å²) in [6, 6.07) is 12.0. The van der Waals surface area contributed by atoms with E-state index in [9.17, 15) is 13.2 Å². The van der Waals surface area contributed by atoms with Crippen molar-refractivity contribution in [3.63, 3.8) is 0 Å². The highest BCUT2D eigenvalue weighted by Gasteiger charge is 2.47. The molecule has 51 heavy (non-hydrogen) atoms. The molecular formula is C40H54ClN3O6S. The second-order valence-electron chi connectivity index (χ2n) is 16.5. The van der Waals surface area contributed by atoms with E-state index in [0.717, 1.165) is 94.0 Å². The molecular weight excluding hydrogens is 686 g/mol. The van der Waals surface area contributed by atoms with E-state index in [-0.39, 0.29) is 23.5 Å². The number of nitrogens with zero attached hydrogens (tertiary/aromatic N) is 2. The van der Waals surface area contributed by atoms with Crippen molar-refractivity contribution in [3.05, 3.63) is 58.1 Å². The van der Waals surface area contributed by atoms with Crippen molar-refractivity contribution in [2.75, 3.05) is 50.9 Å². The number of ether oxygens (including phenoxy) is 3. The highest BCUT2D eigenvalue weighted by atomic mass is 35.5. The molecule has 1 amide bonds. The Kier molecular flexibility index (Phi) is 10.1. The van der Waals surface area contributed by atoms with Crippen LogP contribution < -0.4 is 14.4 Å². The Labute approximate surface area is 308 Å². The Morgan fingerprint density at radius 1 is 0.922 bits per heavy atom. The molecule has 2 aliphatic carbocycles. The third kappa shape index (κ3) is 7.05. The molecule has 1 N–H and O–H groups in total. The molecule has 9 nitrogen and oxygen atoms in total. The largest absolute Gasteiger partial charge is 0.490 e. The van der Waals surface area contributed by atoms with Crippen molar-refractivity contribution >= 4 is 33.2 Å². The average molecular weight is 740 g/mol. The zero-order valence-corrected chi connectivity index (χ0v) is 31.7.